The summed E-state index contributed by atoms with van der Waals surface area (Å²) in [6.07, 6.45) is 2.29. The molecule has 1 amide bonds. The highest BCUT2D eigenvalue weighted by molar-refractivity contribution is 5.93. The van der Waals surface area contributed by atoms with Gasteiger partial charge in [0.25, 0.3) is 0 Å². The van der Waals surface area contributed by atoms with Crippen molar-refractivity contribution < 1.29 is 9.72 Å². The van der Waals surface area contributed by atoms with E-state index in [0.29, 0.717) is 0 Å². The van der Waals surface area contributed by atoms with Gasteiger partial charge in [0.05, 0.1) is 4.92 Å². The van der Waals surface area contributed by atoms with E-state index in [1.54, 1.807) is 6.08 Å². The Labute approximate surface area is 108 Å². The molecule has 0 aromatic heterocycles. The maximum atomic E-state index is 11.5. The summed E-state index contributed by atoms with van der Waals surface area (Å²) >= 11 is 0. The lowest BCUT2D eigenvalue weighted by Gasteiger charge is -2.21. The van der Waals surface area contributed by atoms with Crippen LogP contribution in [0.4, 0.5) is 0 Å². The number of nitrogens with one attached hydrogen (secondary N) is 2. The van der Waals surface area contributed by atoms with Crippen LogP contribution in [-0.4, -0.2) is 17.1 Å². The Kier molecular flexibility index (Phi) is 3.58. The minimum atomic E-state index is -0.841. The van der Waals surface area contributed by atoms with E-state index in [0.717, 1.165) is 5.56 Å². The van der Waals surface area contributed by atoms with Crippen LogP contribution in [0, 0.1) is 10.1 Å². The number of nitrogens with zero attached hydrogens (tertiary/aromatic N) is 1. The van der Waals surface area contributed by atoms with Crippen LogP contribution in [0.15, 0.2) is 47.8 Å². The molecule has 0 bridgehead atoms. The number of carbonyl (C=O) groups is 1. The fourth-order valence-corrected chi connectivity index (χ4v) is 1.66. The van der Waals surface area contributed by atoms with Crippen LogP contribution in [-0.2, 0) is 4.79 Å². The molecule has 2 rings (SSSR count). The minimum absolute atomic E-state index is 0.0881. The van der Waals surface area contributed by atoms with Crippen molar-refractivity contribution in [1.82, 2.24) is 10.6 Å². The third kappa shape index (κ3) is 2.96. The van der Waals surface area contributed by atoms with Crippen LogP contribution < -0.4 is 16.4 Å². The molecule has 1 unspecified atom stereocenters. The SMILES string of the molecule is NC1NC(=O)C([N+](=O)[O-])=C(C=Cc2ccccc2)N1. The lowest BCUT2D eigenvalue weighted by molar-refractivity contribution is -0.421. The summed E-state index contributed by atoms with van der Waals surface area (Å²) < 4.78 is 0. The first kappa shape index (κ1) is 12.8. The smallest absolute Gasteiger partial charge is 0.347 e. The van der Waals surface area contributed by atoms with Gasteiger partial charge >= 0.3 is 11.6 Å². The average Bonchev–Trinajstić information content (AvgIpc) is 2.36. The molecule has 0 saturated carbocycles. The normalized spacial score (nSPS) is 19.2. The zero-order valence-electron chi connectivity index (χ0n) is 9.87. The van der Waals surface area contributed by atoms with Gasteiger partial charge < -0.3 is 10.6 Å². The van der Waals surface area contributed by atoms with E-state index in [4.69, 9.17) is 5.73 Å². The van der Waals surface area contributed by atoms with Crippen molar-refractivity contribution in [3.8, 4) is 0 Å². The van der Waals surface area contributed by atoms with Crippen LogP contribution >= 0.6 is 0 Å². The molecule has 0 saturated heterocycles. The average molecular weight is 260 g/mol. The number of allylic oxidation sites excluding steroid dienone is 1. The lowest BCUT2D eigenvalue weighted by atomic mass is 10.1. The molecule has 1 aromatic rings. The van der Waals surface area contributed by atoms with Gasteiger partial charge in [-0.3, -0.25) is 20.6 Å². The first-order chi connectivity index (χ1) is 9.08. The quantitative estimate of drug-likeness (QED) is 0.529. The molecule has 1 aliphatic heterocycles. The highest BCUT2D eigenvalue weighted by Crippen LogP contribution is 2.11. The summed E-state index contributed by atoms with van der Waals surface area (Å²) in [6, 6.07) is 9.23. The Balaban J connectivity index is 2.34. The summed E-state index contributed by atoms with van der Waals surface area (Å²) in [5.41, 5.74) is 5.91. The van der Waals surface area contributed by atoms with Gasteiger partial charge in [-0.15, -0.1) is 0 Å². The van der Waals surface area contributed by atoms with Crippen molar-refractivity contribution in [1.29, 1.82) is 0 Å². The van der Waals surface area contributed by atoms with E-state index in [9.17, 15) is 14.9 Å². The highest BCUT2D eigenvalue weighted by Gasteiger charge is 2.32. The van der Waals surface area contributed by atoms with E-state index < -0.39 is 22.8 Å². The standard InChI is InChI=1S/C12H12N4O3/c13-12-14-9(10(16(18)19)11(17)15-12)7-6-8-4-2-1-3-5-8/h1-7,12,14H,13H2,(H,15,17). The summed E-state index contributed by atoms with van der Waals surface area (Å²) in [7, 11) is 0. The zero-order chi connectivity index (χ0) is 13.8. The molecule has 4 N–H and O–H groups in total. The Hall–Kier alpha value is -2.67. The van der Waals surface area contributed by atoms with Crippen molar-refractivity contribution in [2.24, 2.45) is 5.73 Å². The maximum Gasteiger partial charge on any atom is 0.356 e. The number of hydrogen-bond acceptors (Lipinski definition) is 5. The van der Waals surface area contributed by atoms with E-state index >= 15 is 0 Å². The first-order valence-corrected chi connectivity index (χ1v) is 5.52. The molecule has 1 aliphatic rings. The molecular formula is C12H12N4O3. The Morgan fingerprint density at radius 3 is 2.53 bits per heavy atom. The van der Waals surface area contributed by atoms with Gasteiger partial charge in [0.15, 0.2) is 6.29 Å². The third-order valence-electron chi connectivity index (χ3n) is 2.49. The van der Waals surface area contributed by atoms with Crippen molar-refractivity contribution in [3.63, 3.8) is 0 Å². The van der Waals surface area contributed by atoms with Gasteiger partial charge in [-0.2, -0.15) is 0 Å². The summed E-state index contributed by atoms with van der Waals surface area (Å²) in [5.74, 6) is -0.802. The predicted molar refractivity (Wildman–Crippen MR) is 68.8 cm³/mol. The first-order valence-electron chi connectivity index (χ1n) is 5.52. The summed E-state index contributed by atoms with van der Waals surface area (Å²) in [4.78, 5) is 21.6. The molecule has 1 atom stereocenters. The lowest BCUT2D eigenvalue weighted by Crippen LogP contribution is -2.56. The molecule has 19 heavy (non-hydrogen) atoms. The summed E-state index contributed by atoms with van der Waals surface area (Å²) in [5, 5.41) is 15.7. The van der Waals surface area contributed by atoms with Crippen LogP contribution in [0.25, 0.3) is 6.08 Å². The second-order valence-corrected chi connectivity index (χ2v) is 3.86. The van der Waals surface area contributed by atoms with Gasteiger partial charge in [0.2, 0.25) is 0 Å². The van der Waals surface area contributed by atoms with Crippen LogP contribution in [0.2, 0.25) is 0 Å². The zero-order valence-corrected chi connectivity index (χ0v) is 9.87. The van der Waals surface area contributed by atoms with Gasteiger partial charge in [0.1, 0.15) is 5.70 Å². The fourth-order valence-electron chi connectivity index (χ4n) is 1.66. The van der Waals surface area contributed by atoms with Crippen molar-refractivity contribution in [2.75, 3.05) is 0 Å². The molecule has 1 heterocycles. The van der Waals surface area contributed by atoms with Crippen LogP contribution in [0.5, 0.6) is 0 Å². The molecular weight excluding hydrogens is 248 g/mol. The molecule has 0 radical (unpaired) electrons. The van der Waals surface area contributed by atoms with E-state index in [1.807, 2.05) is 30.3 Å². The largest absolute Gasteiger partial charge is 0.356 e. The number of amides is 1. The van der Waals surface area contributed by atoms with E-state index in [1.165, 1.54) is 6.08 Å². The molecule has 0 fully saturated rings. The molecule has 1 aromatic carbocycles. The van der Waals surface area contributed by atoms with Crippen LogP contribution in [0.1, 0.15) is 5.56 Å². The molecule has 7 nitrogen and oxygen atoms in total. The molecule has 0 spiro atoms. The van der Waals surface area contributed by atoms with Gasteiger partial charge in [-0.05, 0) is 11.6 Å². The number of carbonyl (C=O) groups excluding carboxylic acids is 1. The van der Waals surface area contributed by atoms with Crippen molar-refractivity contribution >= 4 is 12.0 Å². The number of hydrogen-bond donors (Lipinski definition) is 3. The van der Waals surface area contributed by atoms with Crippen LogP contribution in [0.3, 0.4) is 0 Å². The maximum absolute atomic E-state index is 11.5. The molecule has 7 heteroatoms. The molecule has 0 aliphatic carbocycles. The minimum Gasteiger partial charge on any atom is -0.347 e. The third-order valence-corrected chi connectivity index (χ3v) is 2.49. The second kappa shape index (κ2) is 5.32. The number of benzene rings is 1. The predicted octanol–water partition coefficient (Wildman–Crippen LogP) is 0.150. The Morgan fingerprint density at radius 1 is 1.21 bits per heavy atom. The Morgan fingerprint density at radius 2 is 1.89 bits per heavy atom. The van der Waals surface area contributed by atoms with Gasteiger partial charge in [-0.1, -0.05) is 36.4 Å². The number of rotatable bonds is 3. The van der Waals surface area contributed by atoms with Crippen molar-refractivity contribution in [2.45, 2.75) is 6.29 Å². The second-order valence-electron chi connectivity index (χ2n) is 3.86. The monoisotopic (exact) mass is 260 g/mol. The fraction of sp³-hybridized carbons (Fsp3) is 0.0833. The van der Waals surface area contributed by atoms with E-state index in [2.05, 4.69) is 10.6 Å². The summed E-state index contributed by atoms with van der Waals surface area (Å²) in [6.45, 7) is 0. The Bertz CT molecular complexity index is 566. The van der Waals surface area contributed by atoms with E-state index in [-0.39, 0.29) is 5.70 Å². The van der Waals surface area contributed by atoms with Gasteiger partial charge in [0, 0.05) is 0 Å². The van der Waals surface area contributed by atoms with Crippen molar-refractivity contribution in [3.05, 3.63) is 63.5 Å². The van der Waals surface area contributed by atoms with Gasteiger partial charge in [-0.25, -0.2) is 0 Å². The number of nitro groups is 1. The number of nitrogens with two attached hydrogens (primary N) is 1. The molecule has 98 valence electrons. The topological polar surface area (TPSA) is 110 Å². The highest BCUT2D eigenvalue weighted by atomic mass is 16.6.